The summed E-state index contributed by atoms with van der Waals surface area (Å²) in [5.41, 5.74) is 4.11. The Kier molecular flexibility index (Phi) is 3.44. The van der Waals surface area contributed by atoms with Gasteiger partial charge in [-0.1, -0.05) is 35.5 Å². The third-order valence-corrected chi connectivity index (χ3v) is 4.27. The van der Waals surface area contributed by atoms with Gasteiger partial charge in [0.1, 0.15) is 4.34 Å². The fourth-order valence-electron chi connectivity index (χ4n) is 1.43. The summed E-state index contributed by atoms with van der Waals surface area (Å²) in [5, 5.41) is 2.02. The first kappa shape index (κ1) is 10.7. The SMILES string of the molecule is Cc1ccc(CSc2nccs2)c(C)c1. The molecule has 0 unspecified atom stereocenters. The maximum absolute atomic E-state index is 4.26. The molecular formula is C12H13NS2. The van der Waals surface area contributed by atoms with Gasteiger partial charge in [-0.3, -0.25) is 0 Å². The van der Waals surface area contributed by atoms with Crippen LogP contribution in [0.4, 0.5) is 0 Å². The quantitative estimate of drug-likeness (QED) is 0.744. The molecule has 0 fully saturated rings. The van der Waals surface area contributed by atoms with Crippen molar-refractivity contribution >= 4 is 23.1 Å². The van der Waals surface area contributed by atoms with Crippen LogP contribution in [0.2, 0.25) is 0 Å². The number of thiazole rings is 1. The number of benzene rings is 1. The van der Waals surface area contributed by atoms with Crippen LogP contribution in [0.3, 0.4) is 0 Å². The summed E-state index contributed by atoms with van der Waals surface area (Å²) >= 11 is 3.51. The van der Waals surface area contributed by atoms with E-state index in [9.17, 15) is 0 Å². The average molecular weight is 235 g/mol. The minimum atomic E-state index is 1.01. The summed E-state index contributed by atoms with van der Waals surface area (Å²) in [6.45, 7) is 4.30. The van der Waals surface area contributed by atoms with Gasteiger partial charge < -0.3 is 0 Å². The van der Waals surface area contributed by atoms with Crippen LogP contribution in [0.5, 0.6) is 0 Å². The summed E-state index contributed by atoms with van der Waals surface area (Å²) < 4.78 is 1.15. The van der Waals surface area contributed by atoms with Crippen LogP contribution >= 0.6 is 23.1 Å². The van der Waals surface area contributed by atoms with E-state index in [0.29, 0.717) is 0 Å². The maximum Gasteiger partial charge on any atom is 0.150 e. The van der Waals surface area contributed by atoms with Crippen LogP contribution in [-0.2, 0) is 5.75 Å². The lowest BCUT2D eigenvalue weighted by molar-refractivity contribution is 1.23. The zero-order valence-corrected chi connectivity index (χ0v) is 10.5. The highest BCUT2D eigenvalue weighted by molar-refractivity contribution is 8.00. The Bertz CT molecular complexity index is 435. The highest BCUT2D eigenvalue weighted by atomic mass is 32.2. The number of thioether (sulfide) groups is 1. The van der Waals surface area contributed by atoms with E-state index in [4.69, 9.17) is 0 Å². The third kappa shape index (κ3) is 2.83. The topological polar surface area (TPSA) is 12.9 Å². The summed E-state index contributed by atoms with van der Waals surface area (Å²) in [7, 11) is 0. The number of hydrogen-bond donors (Lipinski definition) is 0. The molecule has 0 spiro atoms. The molecule has 0 saturated heterocycles. The normalized spacial score (nSPS) is 10.5. The van der Waals surface area contributed by atoms with Crippen molar-refractivity contribution in [1.29, 1.82) is 0 Å². The Morgan fingerprint density at radius 3 is 2.87 bits per heavy atom. The Hall–Kier alpha value is -0.800. The monoisotopic (exact) mass is 235 g/mol. The highest BCUT2D eigenvalue weighted by Crippen LogP contribution is 2.26. The van der Waals surface area contributed by atoms with E-state index >= 15 is 0 Å². The van der Waals surface area contributed by atoms with Crippen LogP contribution < -0.4 is 0 Å². The van der Waals surface area contributed by atoms with Crippen LogP contribution in [-0.4, -0.2) is 4.98 Å². The van der Waals surface area contributed by atoms with E-state index in [1.165, 1.54) is 16.7 Å². The minimum absolute atomic E-state index is 1.01. The number of aryl methyl sites for hydroxylation is 2. The second kappa shape index (κ2) is 4.81. The molecule has 0 aliphatic rings. The van der Waals surface area contributed by atoms with Crippen LogP contribution in [0.1, 0.15) is 16.7 Å². The molecule has 0 saturated carbocycles. The summed E-state index contributed by atoms with van der Waals surface area (Å²) in [6, 6.07) is 6.62. The largest absolute Gasteiger partial charge is 0.238 e. The van der Waals surface area contributed by atoms with Crippen molar-refractivity contribution in [1.82, 2.24) is 4.98 Å². The molecule has 0 amide bonds. The molecule has 0 atom stereocenters. The van der Waals surface area contributed by atoms with Crippen molar-refractivity contribution in [2.24, 2.45) is 0 Å². The molecular weight excluding hydrogens is 222 g/mol. The molecule has 2 aromatic rings. The third-order valence-electron chi connectivity index (χ3n) is 2.26. The van der Waals surface area contributed by atoms with Gasteiger partial charge in [-0.25, -0.2) is 4.98 Å². The molecule has 78 valence electrons. The zero-order chi connectivity index (χ0) is 10.7. The Morgan fingerprint density at radius 1 is 1.33 bits per heavy atom. The van der Waals surface area contributed by atoms with Gasteiger partial charge in [0.15, 0.2) is 0 Å². The summed E-state index contributed by atoms with van der Waals surface area (Å²) in [6.07, 6.45) is 1.86. The smallest absolute Gasteiger partial charge is 0.150 e. The first-order valence-electron chi connectivity index (χ1n) is 4.84. The standard InChI is InChI=1S/C12H13NS2/c1-9-3-4-11(10(2)7-9)8-15-12-13-5-6-14-12/h3-7H,8H2,1-2H3. The van der Waals surface area contributed by atoms with Gasteiger partial charge in [0.05, 0.1) is 0 Å². The predicted octanol–water partition coefficient (Wildman–Crippen LogP) is 4.05. The van der Waals surface area contributed by atoms with Gasteiger partial charge >= 0.3 is 0 Å². The van der Waals surface area contributed by atoms with Crippen molar-refractivity contribution in [3.05, 3.63) is 46.5 Å². The Labute approximate surface area is 98.6 Å². The highest BCUT2D eigenvalue weighted by Gasteiger charge is 2.01. The Balaban J connectivity index is 2.05. The second-order valence-electron chi connectivity index (χ2n) is 3.52. The van der Waals surface area contributed by atoms with E-state index < -0.39 is 0 Å². The van der Waals surface area contributed by atoms with Gasteiger partial charge in [-0.2, -0.15) is 0 Å². The van der Waals surface area contributed by atoms with E-state index in [0.717, 1.165) is 10.1 Å². The predicted molar refractivity (Wildman–Crippen MR) is 67.6 cm³/mol. The van der Waals surface area contributed by atoms with E-state index in [2.05, 4.69) is 37.0 Å². The van der Waals surface area contributed by atoms with E-state index in [-0.39, 0.29) is 0 Å². The molecule has 0 bridgehead atoms. The number of aromatic nitrogens is 1. The minimum Gasteiger partial charge on any atom is -0.238 e. The molecule has 15 heavy (non-hydrogen) atoms. The second-order valence-corrected chi connectivity index (χ2v) is 5.63. The van der Waals surface area contributed by atoms with Crippen molar-refractivity contribution in [2.75, 3.05) is 0 Å². The van der Waals surface area contributed by atoms with Gasteiger partial charge in [0.2, 0.25) is 0 Å². The zero-order valence-electron chi connectivity index (χ0n) is 8.86. The fraction of sp³-hybridized carbons (Fsp3) is 0.250. The van der Waals surface area contributed by atoms with Crippen LogP contribution in [0.15, 0.2) is 34.1 Å². The van der Waals surface area contributed by atoms with Crippen molar-refractivity contribution in [3.63, 3.8) is 0 Å². The molecule has 1 aromatic carbocycles. The molecule has 0 aliphatic carbocycles. The first-order chi connectivity index (χ1) is 7.25. The number of hydrogen-bond acceptors (Lipinski definition) is 3. The van der Waals surface area contributed by atoms with Crippen molar-refractivity contribution in [2.45, 2.75) is 23.9 Å². The van der Waals surface area contributed by atoms with Gasteiger partial charge in [-0.05, 0) is 25.0 Å². The van der Waals surface area contributed by atoms with E-state index in [1.807, 2.05) is 23.3 Å². The fourth-order valence-corrected chi connectivity index (χ4v) is 3.14. The van der Waals surface area contributed by atoms with Gasteiger partial charge in [0.25, 0.3) is 0 Å². The molecule has 1 heterocycles. The van der Waals surface area contributed by atoms with Gasteiger partial charge in [-0.15, -0.1) is 11.3 Å². The molecule has 0 N–H and O–H groups in total. The lowest BCUT2D eigenvalue weighted by atomic mass is 10.1. The lowest BCUT2D eigenvalue weighted by Gasteiger charge is -2.04. The molecule has 0 aliphatic heterocycles. The average Bonchev–Trinajstić information content (AvgIpc) is 2.69. The first-order valence-corrected chi connectivity index (χ1v) is 6.70. The van der Waals surface area contributed by atoms with Crippen LogP contribution in [0.25, 0.3) is 0 Å². The molecule has 2 rings (SSSR count). The van der Waals surface area contributed by atoms with Crippen LogP contribution in [0, 0.1) is 13.8 Å². The molecule has 1 aromatic heterocycles. The van der Waals surface area contributed by atoms with Crippen molar-refractivity contribution < 1.29 is 0 Å². The maximum atomic E-state index is 4.26. The van der Waals surface area contributed by atoms with Gasteiger partial charge in [0, 0.05) is 17.3 Å². The summed E-state index contributed by atoms with van der Waals surface area (Å²) in [4.78, 5) is 4.26. The summed E-state index contributed by atoms with van der Waals surface area (Å²) in [5.74, 6) is 1.01. The lowest BCUT2D eigenvalue weighted by Crippen LogP contribution is -1.87. The van der Waals surface area contributed by atoms with Crippen molar-refractivity contribution in [3.8, 4) is 0 Å². The molecule has 0 radical (unpaired) electrons. The Morgan fingerprint density at radius 2 is 2.20 bits per heavy atom. The number of rotatable bonds is 3. The van der Waals surface area contributed by atoms with E-state index in [1.54, 1.807) is 11.3 Å². The molecule has 1 nitrogen and oxygen atoms in total. The molecule has 3 heteroatoms. The number of nitrogens with zero attached hydrogens (tertiary/aromatic N) is 1.